The van der Waals surface area contributed by atoms with Crippen LogP contribution in [0.2, 0.25) is 0 Å². The van der Waals surface area contributed by atoms with Crippen molar-refractivity contribution in [2.45, 2.75) is 56.6 Å². The molecule has 0 aromatic carbocycles. The van der Waals surface area contributed by atoms with Crippen molar-refractivity contribution in [3.63, 3.8) is 0 Å². The normalized spacial score (nSPS) is 22.9. The van der Waals surface area contributed by atoms with Gasteiger partial charge in [-0.05, 0) is 19.3 Å². The van der Waals surface area contributed by atoms with Crippen LogP contribution in [0.3, 0.4) is 0 Å². The highest BCUT2D eigenvalue weighted by Gasteiger charge is 2.42. The highest BCUT2D eigenvalue weighted by molar-refractivity contribution is 7.87. The molecule has 0 saturated heterocycles. The summed E-state index contributed by atoms with van der Waals surface area (Å²) in [5, 5.41) is 0. The minimum Gasteiger partial charge on any atom is -0.285 e. The molecule has 4 heteroatoms. The first-order valence-electron chi connectivity index (χ1n) is 4.99. The van der Waals surface area contributed by atoms with Gasteiger partial charge in [0.15, 0.2) is 0 Å². The van der Waals surface area contributed by atoms with Gasteiger partial charge in [-0.1, -0.05) is 32.6 Å². The lowest BCUT2D eigenvalue weighted by molar-refractivity contribution is 0.322. The summed E-state index contributed by atoms with van der Waals surface area (Å²) < 4.78 is 30.9. The summed E-state index contributed by atoms with van der Waals surface area (Å²) in [4.78, 5) is 0. The Hall–Kier alpha value is -0.0900. The quantitative estimate of drug-likeness (QED) is 0.721. The number of hydrogen-bond donors (Lipinski definition) is 1. The molecule has 0 aromatic rings. The van der Waals surface area contributed by atoms with Crippen molar-refractivity contribution in [1.29, 1.82) is 0 Å². The van der Waals surface area contributed by atoms with E-state index in [4.69, 9.17) is 0 Å². The van der Waals surface area contributed by atoms with Crippen LogP contribution in [-0.4, -0.2) is 17.7 Å². The summed E-state index contributed by atoms with van der Waals surface area (Å²) in [7, 11) is -3.85. The summed E-state index contributed by atoms with van der Waals surface area (Å²) in [5.74, 6) is 0. The summed E-state index contributed by atoms with van der Waals surface area (Å²) >= 11 is 0. The van der Waals surface area contributed by atoms with Crippen LogP contribution in [0.4, 0.5) is 0 Å². The van der Waals surface area contributed by atoms with Gasteiger partial charge in [0.2, 0.25) is 0 Å². The fourth-order valence-corrected chi connectivity index (χ4v) is 3.56. The molecule has 0 aromatic heterocycles. The van der Waals surface area contributed by atoms with E-state index in [1.165, 1.54) is 0 Å². The Morgan fingerprint density at radius 2 is 1.77 bits per heavy atom. The molecule has 1 saturated carbocycles. The first-order valence-corrected chi connectivity index (χ1v) is 6.43. The van der Waals surface area contributed by atoms with Gasteiger partial charge < -0.3 is 0 Å². The van der Waals surface area contributed by atoms with Crippen LogP contribution in [0.5, 0.6) is 0 Å². The van der Waals surface area contributed by atoms with Crippen LogP contribution in [0.1, 0.15) is 51.9 Å². The third kappa shape index (κ3) is 2.23. The third-order valence-electron chi connectivity index (χ3n) is 3.02. The summed E-state index contributed by atoms with van der Waals surface area (Å²) in [6.07, 6.45) is 5.66. The molecule has 0 aliphatic heterocycles. The predicted molar refractivity (Wildman–Crippen MR) is 52.3 cm³/mol. The molecule has 0 amide bonds. The van der Waals surface area contributed by atoms with Crippen molar-refractivity contribution >= 4 is 10.1 Å². The second-order valence-corrected chi connectivity index (χ2v) is 5.78. The first-order chi connectivity index (χ1) is 6.02. The van der Waals surface area contributed by atoms with Crippen LogP contribution < -0.4 is 0 Å². The summed E-state index contributed by atoms with van der Waals surface area (Å²) in [6, 6.07) is 0. The lowest BCUT2D eigenvalue weighted by Gasteiger charge is -2.33. The van der Waals surface area contributed by atoms with Gasteiger partial charge in [0, 0.05) is 0 Å². The third-order valence-corrected chi connectivity index (χ3v) is 4.72. The Morgan fingerprint density at radius 1 is 1.23 bits per heavy atom. The molecular formula is C9H18O3S. The van der Waals surface area contributed by atoms with Gasteiger partial charge in [-0.2, -0.15) is 8.42 Å². The molecule has 0 spiro atoms. The average Bonchev–Trinajstić information content (AvgIpc) is 2.04. The smallest absolute Gasteiger partial charge is 0.270 e. The van der Waals surface area contributed by atoms with Crippen molar-refractivity contribution in [3.05, 3.63) is 0 Å². The lowest BCUT2D eigenvalue weighted by Crippen LogP contribution is -2.40. The molecule has 1 aliphatic rings. The van der Waals surface area contributed by atoms with E-state index >= 15 is 0 Å². The number of hydrogen-bond acceptors (Lipinski definition) is 2. The highest BCUT2D eigenvalue weighted by atomic mass is 32.2. The van der Waals surface area contributed by atoms with E-state index in [0.29, 0.717) is 19.3 Å². The van der Waals surface area contributed by atoms with Crippen LogP contribution in [0.25, 0.3) is 0 Å². The number of rotatable bonds is 3. The second kappa shape index (κ2) is 3.96. The molecule has 3 nitrogen and oxygen atoms in total. The van der Waals surface area contributed by atoms with Gasteiger partial charge in [0.25, 0.3) is 10.1 Å². The van der Waals surface area contributed by atoms with Crippen molar-refractivity contribution in [2.24, 2.45) is 0 Å². The molecule has 78 valence electrons. The van der Waals surface area contributed by atoms with E-state index in [1.807, 2.05) is 6.92 Å². The molecule has 1 aliphatic carbocycles. The minimum atomic E-state index is -3.85. The monoisotopic (exact) mass is 206 g/mol. The zero-order valence-electron chi connectivity index (χ0n) is 8.12. The van der Waals surface area contributed by atoms with Crippen molar-refractivity contribution < 1.29 is 13.0 Å². The average molecular weight is 206 g/mol. The minimum absolute atomic E-state index is 0.603. The molecule has 0 radical (unpaired) electrons. The van der Waals surface area contributed by atoms with Gasteiger partial charge >= 0.3 is 0 Å². The van der Waals surface area contributed by atoms with E-state index in [0.717, 1.165) is 25.7 Å². The van der Waals surface area contributed by atoms with Gasteiger partial charge in [-0.25, -0.2) is 0 Å². The second-order valence-electron chi connectivity index (χ2n) is 3.97. The van der Waals surface area contributed by atoms with E-state index < -0.39 is 14.9 Å². The zero-order chi connectivity index (χ0) is 9.95. The maximum absolute atomic E-state index is 11.3. The van der Waals surface area contributed by atoms with Gasteiger partial charge in [-0.15, -0.1) is 0 Å². The largest absolute Gasteiger partial charge is 0.285 e. The fourth-order valence-electron chi connectivity index (χ4n) is 2.29. The standard InChI is InChI=1S/C9H18O3S/c1-2-6-9(13(10,11)12)7-4-3-5-8-9/h2-8H2,1H3,(H,10,11,12). The van der Waals surface area contributed by atoms with E-state index in [1.54, 1.807) is 0 Å². The molecule has 1 rings (SSSR count). The molecule has 1 N–H and O–H groups in total. The maximum atomic E-state index is 11.3. The SMILES string of the molecule is CCCC1(S(=O)(=O)O)CCCCC1. The maximum Gasteiger partial charge on any atom is 0.270 e. The summed E-state index contributed by atoms with van der Waals surface area (Å²) in [6.45, 7) is 1.96. The Bertz CT molecular complexity index is 245. The van der Waals surface area contributed by atoms with Crippen LogP contribution >= 0.6 is 0 Å². The molecule has 1 fully saturated rings. The Balaban J connectivity index is 2.86. The van der Waals surface area contributed by atoms with Crippen molar-refractivity contribution in [1.82, 2.24) is 0 Å². The molecule has 0 bridgehead atoms. The molecule has 0 atom stereocenters. The van der Waals surface area contributed by atoms with Gasteiger partial charge in [0.05, 0.1) is 4.75 Å². The van der Waals surface area contributed by atoms with E-state index in [-0.39, 0.29) is 0 Å². The van der Waals surface area contributed by atoms with Gasteiger partial charge in [0.1, 0.15) is 0 Å². The van der Waals surface area contributed by atoms with Crippen molar-refractivity contribution in [3.8, 4) is 0 Å². The zero-order valence-corrected chi connectivity index (χ0v) is 8.94. The lowest BCUT2D eigenvalue weighted by atomic mass is 9.85. The topological polar surface area (TPSA) is 54.4 Å². The molecule has 0 heterocycles. The van der Waals surface area contributed by atoms with Crippen LogP contribution in [0.15, 0.2) is 0 Å². The Labute approximate surface area is 80.3 Å². The van der Waals surface area contributed by atoms with Crippen molar-refractivity contribution in [2.75, 3.05) is 0 Å². The molecular weight excluding hydrogens is 188 g/mol. The first kappa shape index (κ1) is 11.0. The van der Waals surface area contributed by atoms with Crippen LogP contribution in [-0.2, 0) is 10.1 Å². The van der Waals surface area contributed by atoms with Crippen LogP contribution in [0, 0.1) is 0 Å². The highest BCUT2D eigenvalue weighted by Crippen LogP contribution is 2.38. The fraction of sp³-hybridized carbons (Fsp3) is 1.00. The van der Waals surface area contributed by atoms with Gasteiger partial charge in [-0.3, -0.25) is 4.55 Å². The molecule has 13 heavy (non-hydrogen) atoms. The molecule has 0 unspecified atom stereocenters. The Kier molecular flexibility index (Phi) is 3.35. The Morgan fingerprint density at radius 3 is 2.15 bits per heavy atom. The van der Waals surface area contributed by atoms with E-state index in [2.05, 4.69) is 0 Å². The van der Waals surface area contributed by atoms with E-state index in [9.17, 15) is 13.0 Å². The predicted octanol–water partition coefficient (Wildman–Crippen LogP) is 2.38. The summed E-state index contributed by atoms with van der Waals surface area (Å²) in [5.41, 5.74) is 0.